The minimum Gasteiger partial charge on any atom is -0.465 e. The molecule has 0 radical (unpaired) electrons. The summed E-state index contributed by atoms with van der Waals surface area (Å²) >= 11 is 1.40. The van der Waals surface area contributed by atoms with Gasteiger partial charge in [0.25, 0.3) is 0 Å². The van der Waals surface area contributed by atoms with E-state index in [0.717, 1.165) is 16.9 Å². The van der Waals surface area contributed by atoms with E-state index in [-0.39, 0.29) is 17.9 Å². The van der Waals surface area contributed by atoms with Gasteiger partial charge in [-0.05, 0) is 50.7 Å². The Morgan fingerprint density at radius 1 is 1.12 bits per heavy atom. The molecule has 0 spiro atoms. The smallest absolute Gasteiger partial charge is 0.340 e. The molecule has 3 unspecified atom stereocenters. The van der Waals surface area contributed by atoms with Gasteiger partial charge in [0.2, 0.25) is 5.91 Å². The predicted octanol–water partition coefficient (Wildman–Crippen LogP) is 5.31. The molecule has 32 heavy (non-hydrogen) atoms. The van der Waals surface area contributed by atoms with Crippen molar-refractivity contribution < 1.29 is 23.9 Å². The second-order valence-electron chi connectivity index (χ2n) is 8.66. The molecule has 1 saturated carbocycles. The van der Waals surface area contributed by atoms with Gasteiger partial charge in [-0.3, -0.25) is 9.59 Å². The first-order valence-corrected chi connectivity index (χ1v) is 11.8. The molecular weight excluding hydrogens is 426 g/mol. The maximum atomic E-state index is 13.8. The van der Waals surface area contributed by atoms with E-state index in [1.54, 1.807) is 11.0 Å². The Morgan fingerprint density at radius 2 is 1.81 bits per heavy atom. The van der Waals surface area contributed by atoms with Crippen LogP contribution in [0.5, 0.6) is 0 Å². The van der Waals surface area contributed by atoms with E-state index >= 15 is 0 Å². The fourth-order valence-electron chi connectivity index (χ4n) is 4.28. The third kappa shape index (κ3) is 5.21. The van der Waals surface area contributed by atoms with Crippen LogP contribution in [0, 0.1) is 11.8 Å². The fraction of sp³-hybridized carbons (Fsp3) is 0.480. The van der Waals surface area contributed by atoms with Crippen molar-refractivity contribution in [3.63, 3.8) is 0 Å². The van der Waals surface area contributed by atoms with Crippen molar-refractivity contribution in [2.24, 2.45) is 11.8 Å². The topological polar surface area (TPSA) is 72.9 Å². The average Bonchev–Trinajstić information content (AvgIpc) is 3.18. The van der Waals surface area contributed by atoms with E-state index in [0.29, 0.717) is 29.3 Å². The van der Waals surface area contributed by atoms with Crippen LogP contribution < -0.4 is 4.90 Å². The molecule has 0 aliphatic heterocycles. The first kappa shape index (κ1) is 24.0. The first-order chi connectivity index (χ1) is 15.2. The summed E-state index contributed by atoms with van der Waals surface area (Å²) in [5.74, 6) is -1.04. The van der Waals surface area contributed by atoms with Crippen molar-refractivity contribution in [3.8, 4) is 10.4 Å². The molecule has 6 nitrogen and oxygen atoms in total. The number of amides is 1. The number of hydrogen-bond donors (Lipinski definition) is 0. The van der Waals surface area contributed by atoms with E-state index in [4.69, 9.17) is 9.47 Å². The SMILES string of the molecule is COC(=O)c1cc(-c2ccccc2)sc1N(C(=O)C1CCC(C)CC1OC(C)=O)C(C)C. The highest BCUT2D eigenvalue weighted by Crippen LogP contribution is 2.41. The van der Waals surface area contributed by atoms with Gasteiger partial charge in [0, 0.05) is 17.8 Å². The molecule has 172 valence electrons. The van der Waals surface area contributed by atoms with Crippen molar-refractivity contribution in [3.05, 3.63) is 42.0 Å². The molecule has 1 aromatic carbocycles. The maximum Gasteiger partial charge on any atom is 0.340 e. The summed E-state index contributed by atoms with van der Waals surface area (Å²) in [7, 11) is 1.34. The minimum absolute atomic E-state index is 0.121. The monoisotopic (exact) mass is 457 g/mol. The minimum atomic E-state index is -0.481. The van der Waals surface area contributed by atoms with Crippen LogP contribution in [0.4, 0.5) is 5.00 Å². The second-order valence-corrected chi connectivity index (χ2v) is 9.69. The van der Waals surface area contributed by atoms with Gasteiger partial charge in [0.15, 0.2) is 0 Å². The lowest BCUT2D eigenvalue weighted by molar-refractivity contribution is -0.154. The van der Waals surface area contributed by atoms with Crippen LogP contribution in [0.3, 0.4) is 0 Å². The Bertz CT molecular complexity index is 968. The van der Waals surface area contributed by atoms with Gasteiger partial charge in [0.1, 0.15) is 11.1 Å². The molecule has 7 heteroatoms. The quantitative estimate of drug-likeness (QED) is 0.550. The third-order valence-corrected chi connectivity index (χ3v) is 7.02. The summed E-state index contributed by atoms with van der Waals surface area (Å²) < 4.78 is 10.6. The Balaban J connectivity index is 2.03. The highest BCUT2D eigenvalue weighted by molar-refractivity contribution is 7.20. The summed E-state index contributed by atoms with van der Waals surface area (Å²) in [5.41, 5.74) is 1.33. The molecule has 1 aliphatic carbocycles. The van der Waals surface area contributed by atoms with Gasteiger partial charge in [0.05, 0.1) is 18.6 Å². The molecule has 3 atom stereocenters. The molecule has 0 saturated heterocycles. The number of rotatable bonds is 6. The number of anilines is 1. The largest absolute Gasteiger partial charge is 0.465 e. The summed E-state index contributed by atoms with van der Waals surface area (Å²) in [6, 6.07) is 11.3. The number of thiophene rings is 1. The van der Waals surface area contributed by atoms with Crippen LogP contribution in [0.2, 0.25) is 0 Å². The average molecular weight is 458 g/mol. The first-order valence-electron chi connectivity index (χ1n) is 11.0. The molecule has 1 fully saturated rings. The summed E-state index contributed by atoms with van der Waals surface area (Å²) in [6.45, 7) is 7.33. The highest BCUT2D eigenvalue weighted by Gasteiger charge is 2.40. The summed E-state index contributed by atoms with van der Waals surface area (Å²) in [5, 5.41) is 0.566. The molecule has 1 aromatic heterocycles. The number of methoxy groups -OCH3 is 1. The van der Waals surface area contributed by atoms with Crippen molar-refractivity contribution in [2.75, 3.05) is 12.0 Å². The third-order valence-electron chi connectivity index (χ3n) is 5.84. The standard InChI is InChI=1S/C25H31NO5S/c1-15(2)26(23(28)19-12-11-16(3)13-21(19)31-17(4)27)24-20(25(29)30-5)14-22(32-24)18-9-7-6-8-10-18/h6-10,14-16,19,21H,11-13H2,1-5H3. The molecule has 3 rings (SSSR count). The van der Waals surface area contributed by atoms with Gasteiger partial charge in [-0.25, -0.2) is 4.79 Å². The summed E-state index contributed by atoms with van der Waals surface area (Å²) in [6.07, 6.45) is 1.74. The van der Waals surface area contributed by atoms with Gasteiger partial charge >= 0.3 is 11.9 Å². The van der Waals surface area contributed by atoms with Gasteiger partial charge in [-0.1, -0.05) is 37.3 Å². The number of nitrogens with zero attached hydrogens (tertiary/aromatic N) is 1. The zero-order valence-electron chi connectivity index (χ0n) is 19.3. The predicted molar refractivity (Wildman–Crippen MR) is 126 cm³/mol. The number of benzene rings is 1. The summed E-state index contributed by atoms with van der Waals surface area (Å²) in [4.78, 5) is 40.7. The zero-order chi connectivity index (χ0) is 23.4. The Morgan fingerprint density at radius 3 is 2.41 bits per heavy atom. The molecule has 1 heterocycles. The number of esters is 2. The second kappa shape index (κ2) is 10.3. The van der Waals surface area contributed by atoms with Gasteiger partial charge < -0.3 is 14.4 Å². The number of hydrogen-bond acceptors (Lipinski definition) is 6. The zero-order valence-corrected chi connectivity index (χ0v) is 20.1. The van der Waals surface area contributed by atoms with Crippen LogP contribution in [0.1, 0.15) is 57.3 Å². The lowest BCUT2D eigenvalue weighted by Crippen LogP contribution is -2.47. The lowest BCUT2D eigenvalue weighted by Gasteiger charge is -2.37. The maximum absolute atomic E-state index is 13.8. The van der Waals surface area contributed by atoms with Gasteiger partial charge in [-0.15, -0.1) is 11.3 Å². The lowest BCUT2D eigenvalue weighted by atomic mass is 9.79. The van der Waals surface area contributed by atoms with Gasteiger partial charge in [-0.2, -0.15) is 0 Å². The van der Waals surface area contributed by atoms with Crippen LogP contribution in [0.25, 0.3) is 10.4 Å². The Kier molecular flexibility index (Phi) is 7.72. The fourth-order valence-corrected chi connectivity index (χ4v) is 5.57. The van der Waals surface area contributed by atoms with Crippen LogP contribution in [0.15, 0.2) is 36.4 Å². The number of carbonyl (C=O) groups is 3. The molecule has 0 bridgehead atoms. The van der Waals surface area contributed by atoms with Crippen molar-refractivity contribution in [1.82, 2.24) is 0 Å². The highest BCUT2D eigenvalue weighted by atomic mass is 32.1. The number of ether oxygens (including phenoxy) is 2. The Hall–Kier alpha value is -2.67. The van der Waals surface area contributed by atoms with Crippen molar-refractivity contribution in [2.45, 2.75) is 59.1 Å². The Labute approximate surface area is 193 Å². The molecule has 0 N–H and O–H groups in total. The van der Waals surface area contributed by atoms with Crippen LogP contribution in [-0.2, 0) is 19.1 Å². The van der Waals surface area contributed by atoms with E-state index in [1.807, 2.05) is 44.2 Å². The van der Waals surface area contributed by atoms with Crippen molar-refractivity contribution in [1.29, 1.82) is 0 Å². The molecule has 2 aromatic rings. The van der Waals surface area contributed by atoms with Crippen LogP contribution in [-0.4, -0.2) is 37.1 Å². The molecular formula is C25H31NO5S. The van der Waals surface area contributed by atoms with E-state index in [1.165, 1.54) is 25.4 Å². The van der Waals surface area contributed by atoms with Crippen molar-refractivity contribution >= 4 is 34.2 Å². The number of carbonyl (C=O) groups excluding carboxylic acids is 3. The molecule has 1 amide bonds. The normalized spacial score (nSPS) is 20.6. The van der Waals surface area contributed by atoms with E-state index in [2.05, 4.69) is 6.92 Å². The van der Waals surface area contributed by atoms with E-state index in [9.17, 15) is 14.4 Å². The molecule has 1 aliphatic rings. The van der Waals surface area contributed by atoms with Crippen LogP contribution >= 0.6 is 11.3 Å². The van der Waals surface area contributed by atoms with E-state index < -0.39 is 18.0 Å².